The molecule has 4 nitrogen and oxygen atoms in total. The third kappa shape index (κ3) is 3.38. The van der Waals surface area contributed by atoms with Gasteiger partial charge in [-0.05, 0) is 18.9 Å². The molecule has 1 rings (SSSR count). The maximum absolute atomic E-state index is 10.6. The number of carbonyl (C=O) groups excluding carboxylic acids is 1. The van der Waals surface area contributed by atoms with Crippen LogP contribution in [0.1, 0.15) is 31.7 Å². The Labute approximate surface area is 95.5 Å². The summed E-state index contributed by atoms with van der Waals surface area (Å²) in [4.78, 5) is 10.6. The zero-order valence-electron chi connectivity index (χ0n) is 9.60. The molecule has 0 aliphatic heterocycles. The second-order valence-corrected chi connectivity index (χ2v) is 3.60. The van der Waals surface area contributed by atoms with E-state index < -0.39 is 6.03 Å². The van der Waals surface area contributed by atoms with Crippen molar-refractivity contribution in [2.24, 2.45) is 10.8 Å². The fourth-order valence-electron chi connectivity index (χ4n) is 1.68. The first-order valence-corrected chi connectivity index (χ1v) is 5.29. The first-order chi connectivity index (χ1) is 7.65. The van der Waals surface area contributed by atoms with E-state index in [9.17, 15) is 4.79 Å². The molecule has 2 amide bonds. The molecule has 0 radical (unpaired) electrons. The number of carbonyl (C=O) groups is 1. The van der Waals surface area contributed by atoms with Crippen LogP contribution in [0.5, 0.6) is 0 Å². The van der Waals surface area contributed by atoms with Gasteiger partial charge in [0.05, 0.1) is 0 Å². The summed E-state index contributed by atoms with van der Waals surface area (Å²) in [6.07, 6.45) is 0.930. The highest BCUT2D eigenvalue weighted by molar-refractivity contribution is 5.89. The SMILES string of the molecule is CCC(C(C)=NNC(N)=O)c1ccccc1. The van der Waals surface area contributed by atoms with E-state index in [-0.39, 0.29) is 5.92 Å². The Morgan fingerprint density at radius 3 is 2.56 bits per heavy atom. The van der Waals surface area contributed by atoms with Crippen LogP contribution in [0.2, 0.25) is 0 Å². The van der Waals surface area contributed by atoms with E-state index in [1.807, 2.05) is 25.1 Å². The molecular weight excluding hydrogens is 202 g/mol. The average molecular weight is 219 g/mol. The van der Waals surface area contributed by atoms with Gasteiger partial charge in [-0.3, -0.25) is 0 Å². The summed E-state index contributed by atoms with van der Waals surface area (Å²) in [5.74, 6) is 0.216. The number of primary amides is 1. The second-order valence-electron chi connectivity index (χ2n) is 3.60. The van der Waals surface area contributed by atoms with Gasteiger partial charge in [-0.25, -0.2) is 10.2 Å². The lowest BCUT2D eigenvalue weighted by Crippen LogP contribution is -2.26. The zero-order chi connectivity index (χ0) is 12.0. The first kappa shape index (κ1) is 12.2. The van der Waals surface area contributed by atoms with Crippen LogP contribution in [-0.4, -0.2) is 11.7 Å². The van der Waals surface area contributed by atoms with Crippen LogP contribution >= 0.6 is 0 Å². The number of nitrogens with one attached hydrogen (secondary N) is 1. The number of hydrogen-bond donors (Lipinski definition) is 2. The van der Waals surface area contributed by atoms with E-state index in [1.165, 1.54) is 5.56 Å². The highest BCUT2D eigenvalue weighted by Gasteiger charge is 2.12. The molecular formula is C12H17N3O. The monoisotopic (exact) mass is 219 g/mol. The normalized spacial score (nSPS) is 13.2. The van der Waals surface area contributed by atoms with Crippen molar-refractivity contribution >= 4 is 11.7 Å². The van der Waals surface area contributed by atoms with Gasteiger partial charge in [-0.1, -0.05) is 37.3 Å². The number of nitrogens with two attached hydrogens (primary N) is 1. The fraction of sp³-hybridized carbons (Fsp3) is 0.333. The third-order valence-electron chi connectivity index (χ3n) is 2.46. The molecule has 0 fully saturated rings. The molecule has 3 N–H and O–H groups in total. The van der Waals surface area contributed by atoms with E-state index in [0.717, 1.165) is 12.1 Å². The maximum Gasteiger partial charge on any atom is 0.332 e. The van der Waals surface area contributed by atoms with Crippen LogP contribution < -0.4 is 11.2 Å². The summed E-state index contributed by atoms with van der Waals surface area (Å²) in [5, 5.41) is 3.96. The lowest BCUT2D eigenvalue weighted by molar-refractivity contribution is 0.249. The summed E-state index contributed by atoms with van der Waals surface area (Å²) in [6, 6.07) is 9.43. The number of benzene rings is 1. The average Bonchev–Trinajstić information content (AvgIpc) is 2.29. The number of amides is 2. The Balaban J connectivity index is 2.82. The molecule has 0 bridgehead atoms. The van der Waals surface area contributed by atoms with Gasteiger partial charge in [0.25, 0.3) is 0 Å². The van der Waals surface area contributed by atoms with Crippen LogP contribution in [0.25, 0.3) is 0 Å². The van der Waals surface area contributed by atoms with Gasteiger partial charge >= 0.3 is 6.03 Å². The Kier molecular flexibility index (Phi) is 4.51. The smallest absolute Gasteiger partial charge is 0.332 e. The summed E-state index contributed by atoms with van der Waals surface area (Å²) in [6.45, 7) is 3.97. The zero-order valence-corrected chi connectivity index (χ0v) is 9.60. The molecule has 0 spiro atoms. The van der Waals surface area contributed by atoms with Crippen molar-refractivity contribution in [2.75, 3.05) is 0 Å². The third-order valence-corrected chi connectivity index (χ3v) is 2.46. The number of hydrogen-bond acceptors (Lipinski definition) is 2. The fourth-order valence-corrected chi connectivity index (χ4v) is 1.68. The molecule has 0 saturated carbocycles. The van der Waals surface area contributed by atoms with Gasteiger partial charge in [0.1, 0.15) is 0 Å². The highest BCUT2D eigenvalue weighted by atomic mass is 16.2. The van der Waals surface area contributed by atoms with Gasteiger partial charge in [-0.15, -0.1) is 0 Å². The molecule has 86 valence electrons. The van der Waals surface area contributed by atoms with Crippen molar-refractivity contribution in [3.63, 3.8) is 0 Å². The van der Waals surface area contributed by atoms with Gasteiger partial charge in [0, 0.05) is 11.6 Å². The quantitative estimate of drug-likeness (QED) is 0.591. The van der Waals surface area contributed by atoms with E-state index in [2.05, 4.69) is 29.6 Å². The molecule has 1 atom stereocenters. The van der Waals surface area contributed by atoms with Crippen molar-refractivity contribution in [1.29, 1.82) is 0 Å². The Morgan fingerprint density at radius 2 is 2.06 bits per heavy atom. The summed E-state index contributed by atoms with van der Waals surface area (Å²) >= 11 is 0. The number of rotatable bonds is 4. The molecule has 16 heavy (non-hydrogen) atoms. The topological polar surface area (TPSA) is 67.5 Å². The first-order valence-electron chi connectivity index (χ1n) is 5.29. The molecule has 0 aromatic heterocycles. The van der Waals surface area contributed by atoms with Crippen molar-refractivity contribution < 1.29 is 4.79 Å². The lowest BCUT2D eigenvalue weighted by atomic mass is 9.92. The summed E-state index contributed by atoms with van der Waals surface area (Å²) in [7, 11) is 0. The molecule has 0 saturated heterocycles. The van der Waals surface area contributed by atoms with Crippen molar-refractivity contribution in [3.8, 4) is 0 Å². The predicted octanol–water partition coefficient (Wildman–Crippen LogP) is 2.22. The van der Waals surface area contributed by atoms with Gasteiger partial charge in [0.2, 0.25) is 0 Å². The second kappa shape index (κ2) is 5.90. The molecule has 0 aliphatic carbocycles. The van der Waals surface area contributed by atoms with Crippen molar-refractivity contribution in [2.45, 2.75) is 26.2 Å². The molecule has 0 heterocycles. The Bertz CT molecular complexity index is 373. The molecule has 4 heteroatoms. The van der Waals surface area contributed by atoms with E-state index in [4.69, 9.17) is 5.73 Å². The van der Waals surface area contributed by atoms with Crippen LogP contribution in [-0.2, 0) is 0 Å². The Hall–Kier alpha value is -1.84. The maximum atomic E-state index is 10.6. The predicted molar refractivity (Wildman–Crippen MR) is 65.3 cm³/mol. The van der Waals surface area contributed by atoms with Crippen LogP contribution in [0.4, 0.5) is 4.79 Å². The van der Waals surface area contributed by atoms with Gasteiger partial charge < -0.3 is 5.73 Å². The standard InChI is InChI=1S/C12H17N3O/c1-3-11(9(2)14-15-12(13)16)10-7-5-4-6-8-10/h4-8,11H,3H2,1-2H3,(H3,13,15,16). The van der Waals surface area contributed by atoms with Gasteiger partial charge in [-0.2, -0.15) is 5.10 Å². The Morgan fingerprint density at radius 1 is 1.44 bits per heavy atom. The van der Waals surface area contributed by atoms with Crippen LogP contribution in [0.15, 0.2) is 35.4 Å². The van der Waals surface area contributed by atoms with E-state index in [1.54, 1.807) is 0 Å². The minimum Gasteiger partial charge on any atom is -0.350 e. The van der Waals surface area contributed by atoms with Crippen molar-refractivity contribution in [1.82, 2.24) is 5.43 Å². The number of hydrazone groups is 1. The van der Waals surface area contributed by atoms with E-state index >= 15 is 0 Å². The lowest BCUT2D eigenvalue weighted by Gasteiger charge is -2.14. The molecule has 1 unspecified atom stereocenters. The minimum absolute atomic E-state index is 0.216. The minimum atomic E-state index is -0.637. The van der Waals surface area contributed by atoms with Crippen LogP contribution in [0, 0.1) is 0 Å². The number of nitrogens with zero attached hydrogens (tertiary/aromatic N) is 1. The summed E-state index contributed by atoms with van der Waals surface area (Å²) < 4.78 is 0. The largest absolute Gasteiger partial charge is 0.350 e. The molecule has 0 aliphatic rings. The number of urea groups is 1. The molecule has 1 aromatic rings. The molecule has 1 aromatic carbocycles. The van der Waals surface area contributed by atoms with Crippen LogP contribution in [0.3, 0.4) is 0 Å². The highest BCUT2D eigenvalue weighted by Crippen LogP contribution is 2.20. The van der Waals surface area contributed by atoms with Crippen molar-refractivity contribution in [3.05, 3.63) is 35.9 Å². The van der Waals surface area contributed by atoms with E-state index in [0.29, 0.717) is 0 Å². The summed E-state index contributed by atoms with van der Waals surface area (Å²) in [5.41, 5.74) is 9.27. The van der Waals surface area contributed by atoms with Gasteiger partial charge in [0.15, 0.2) is 0 Å².